The molecule has 0 atom stereocenters. The van der Waals surface area contributed by atoms with Gasteiger partial charge in [-0.2, -0.15) is 10.1 Å². The lowest BCUT2D eigenvalue weighted by atomic mass is 10.3. The number of amides is 1. The molecule has 3 heterocycles. The van der Waals surface area contributed by atoms with Crippen molar-refractivity contribution in [2.24, 2.45) is 7.05 Å². The topological polar surface area (TPSA) is 116 Å². The fourth-order valence-electron chi connectivity index (χ4n) is 1.70. The molecule has 3 aromatic rings. The molecule has 0 unspecified atom stereocenters. The summed E-state index contributed by atoms with van der Waals surface area (Å²) >= 11 is 0. The van der Waals surface area contributed by atoms with Gasteiger partial charge in [-0.05, 0) is 18.2 Å². The van der Waals surface area contributed by atoms with E-state index in [2.05, 4.69) is 20.6 Å². The highest BCUT2D eigenvalue weighted by molar-refractivity contribution is 5.91. The van der Waals surface area contributed by atoms with E-state index >= 15 is 0 Å². The Labute approximate surface area is 123 Å². The van der Waals surface area contributed by atoms with Crippen molar-refractivity contribution in [1.82, 2.24) is 25.2 Å². The number of hydrogen-bond acceptors (Lipinski definition) is 7. The van der Waals surface area contributed by atoms with Crippen LogP contribution in [-0.2, 0) is 13.6 Å². The summed E-state index contributed by atoms with van der Waals surface area (Å²) in [6.07, 6.45) is 1.49. The minimum atomic E-state index is -0.444. The molecule has 0 radical (unpaired) electrons. The number of aryl methyl sites for hydroxylation is 1. The Morgan fingerprint density at radius 3 is 2.95 bits per heavy atom. The van der Waals surface area contributed by atoms with Gasteiger partial charge < -0.3 is 14.3 Å². The standard InChI is InChI=1S/C13H11N5O4/c1-18-11(19)5-4-8(16-18)12(20)14-7-10-15-13(22-17-10)9-3-2-6-21-9/h2-6H,7H2,1H3,(H,14,20). The maximum Gasteiger partial charge on any atom is 0.293 e. The molecule has 0 spiro atoms. The minimum absolute atomic E-state index is 0.0631. The van der Waals surface area contributed by atoms with Gasteiger partial charge in [0.1, 0.15) is 5.69 Å². The third kappa shape index (κ3) is 2.77. The molecule has 0 aliphatic rings. The van der Waals surface area contributed by atoms with E-state index in [1.54, 1.807) is 12.1 Å². The molecule has 0 aromatic carbocycles. The minimum Gasteiger partial charge on any atom is -0.459 e. The van der Waals surface area contributed by atoms with Crippen molar-refractivity contribution >= 4 is 5.91 Å². The second kappa shape index (κ2) is 5.64. The lowest BCUT2D eigenvalue weighted by Gasteiger charge is -2.02. The number of rotatable bonds is 4. The van der Waals surface area contributed by atoms with Gasteiger partial charge in [0.25, 0.3) is 17.4 Å². The first-order chi connectivity index (χ1) is 10.6. The van der Waals surface area contributed by atoms with Gasteiger partial charge in [-0.3, -0.25) is 9.59 Å². The van der Waals surface area contributed by atoms with Crippen molar-refractivity contribution in [1.29, 1.82) is 0 Å². The van der Waals surface area contributed by atoms with Gasteiger partial charge in [0.15, 0.2) is 11.6 Å². The third-order valence-corrected chi connectivity index (χ3v) is 2.80. The molecule has 0 fully saturated rings. The van der Waals surface area contributed by atoms with Crippen LogP contribution >= 0.6 is 0 Å². The van der Waals surface area contributed by atoms with E-state index in [1.165, 1.54) is 25.4 Å². The summed E-state index contributed by atoms with van der Waals surface area (Å²) in [4.78, 5) is 27.2. The molecule has 22 heavy (non-hydrogen) atoms. The number of furan rings is 1. The van der Waals surface area contributed by atoms with Crippen molar-refractivity contribution < 1.29 is 13.7 Å². The first-order valence-corrected chi connectivity index (χ1v) is 6.32. The van der Waals surface area contributed by atoms with Gasteiger partial charge in [-0.15, -0.1) is 0 Å². The molecular weight excluding hydrogens is 290 g/mol. The normalized spacial score (nSPS) is 10.6. The SMILES string of the molecule is Cn1nc(C(=O)NCc2noc(-c3ccco3)n2)ccc1=O. The Morgan fingerprint density at radius 2 is 2.23 bits per heavy atom. The zero-order chi connectivity index (χ0) is 15.5. The quantitative estimate of drug-likeness (QED) is 0.739. The number of carbonyl (C=O) groups excluding carboxylic acids is 1. The third-order valence-electron chi connectivity index (χ3n) is 2.80. The molecule has 1 amide bonds. The lowest BCUT2D eigenvalue weighted by Crippen LogP contribution is -2.28. The van der Waals surface area contributed by atoms with Gasteiger partial charge in [-0.25, -0.2) is 4.68 Å². The van der Waals surface area contributed by atoms with E-state index in [4.69, 9.17) is 8.94 Å². The van der Waals surface area contributed by atoms with E-state index < -0.39 is 5.91 Å². The molecular formula is C13H11N5O4. The van der Waals surface area contributed by atoms with Crippen LogP contribution in [0.25, 0.3) is 11.7 Å². The van der Waals surface area contributed by atoms with Gasteiger partial charge in [0.2, 0.25) is 0 Å². The fourth-order valence-corrected chi connectivity index (χ4v) is 1.70. The molecule has 9 heteroatoms. The summed E-state index contributed by atoms with van der Waals surface area (Å²) < 4.78 is 11.2. The predicted octanol–water partition coefficient (Wildman–Crippen LogP) is 0.353. The molecule has 1 N–H and O–H groups in total. The van der Waals surface area contributed by atoms with Crippen LogP contribution in [0.1, 0.15) is 16.3 Å². The summed E-state index contributed by atoms with van der Waals surface area (Å²) in [6, 6.07) is 6.00. The Balaban J connectivity index is 1.66. The molecule has 9 nitrogen and oxygen atoms in total. The zero-order valence-electron chi connectivity index (χ0n) is 11.5. The van der Waals surface area contributed by atoms with Gasteiger partial charge in [-0.1, -0.05) is 5.16 Å². The Kier molecular flexibility index (Phi) is 3.52. The van der Waals surface area contributed by atoms with Crippen LogP contribution in [0.2, 0.25) is 0 Å². The summed E-state index contributed by atoms with van der Waals surface area (Å²) in [5.41, 5.74) is -0.172. The van der Waals surface area contributed by atoms with Crippen molar-refractivity contribution in [2.75, 3.05) is 0 Å². The average Bonchev–Trinajstić information content (AvgIpc) is 3.18. The van der Waals surface area contributed by atoms with E-state index in [0.717, 1.165) is 4.68 Å². The van der Waals surface area contributed by atoms with Gasteiger partial charge in [0, 0.05) is 13.1 Å². The highest BCUT2D eigenvalue weighted by Crippen LogP contribution is 2.16. The largest absolute Gasteiger partial charge is 0.459 e. The van der Waals surface area contributed by atoms with E-state index in [0.29, 0.717) is 11.6 Å². The number of nitrogens with zero attached hydrogens (tertiary/aromatic N) is 4. The van der Waals surface area contributed by atoms with Gasteiger partial charge in [0.05, 0.1) is 12.8 Å². The molecule has 0 aliphatic carbocycles. The predicted molar refractivity (Wildman–Crippen MR) is 72.6 cm³/mol. The zero-order valence-corrected chi connectivity index (χ0v) is 11.5. The highest BCUT2D eigenvalue weighted by Gasteiger charge is 2.13. The summed E-state index contributed by atoms with van der Waals surface area (Å²) in [6.45, 7) is 0.0631. The Hall–Kier alpha value is -3.23. The molecule has 0 saturated heterocycles. The van der Waals surface area contributed by atoms with Crippen LogP contribution < -0.4 is 10.9 Å². The van der Waals surface area contributed by atoms with E-state index in [1.807, 2.05) is 0 Å². The van der Waals surface area contributed by atoms with Crippen LogP contribution in [0, 0.1) is 0 Å². The second-order valence-corrected chi connectivity index (χ2v) is 4.36. The van der Waals surface area contributed by atoms with Crippen molar-refractivity contribution in [2.45, 2.75) is 6.54 Å². The monoisotopic (exact) mass is 301 g/mol. The maximum atomic E-state index is 11.9. The summed E-state index contributed by atoms with van der Waals surface area (Å²) in [5.74, 6) is 0.531. The summed E-state index contributed by atoms with van der Waals surface area (Å²) in [7, 11) is 1.47. The summed E-state index contributed by atoms with van der Waals surface area (Å²) in [5, 5.41) is 10.2. The smallest absolute Gasteiger partial charge is 0.293 e. The molecule has 3 aromatic heterocycles. The number of carbonyl (C=O) groups is 1. The lowest BCUT2D eigenvalue weighted by molar-refractivity contribution is 0.0942. The van der Waals surface area contributed by atoms with Crippen LogP contribution in [0.3, 0.4) is 0 Å². The van der Waals surface area contributed by atoms with Crippen LogP contribution in [0.5, 0.6) is 0 Å². The van der Waals surface area contributed by atoms with Crippen molar-refractivity contribution in [3.05, 3.63) is 52.4 Å². The molecule has 0 aliphatic heterocycles. The first-order valence-electron chi connectivity index (χ1n) is 6.32. The fraction of sp³-hybridized carbons (Fsp3) is 0.154. The van der Waals surface area contributed by atoms with Crippen LogP contribution in [0.4, 0.5) is 0 Å². The maximum absolute atomic E-state index is 11.9. The molecule has 0 bridgehead atoms. The van der Waals surface area contributed by atoms with E-state index in [9.17, 15) is 9.59 Å². The molecule has 3 rings (SSSR count). The first kappa shape index (κ1) is 13.7. The Morgan fingerprint density at radius 1 is 1.36 bits per heavy atom. The number of hydrogen-bond donors (Lipinski definition) is 1. The molecule has 112 valence electrons. The Bertz CT molecular complexity index is 849. The van der Waals surface area contributed by atoms with Crippen molar-refractivity contribution in [3.63, 3.8) is 0 Å². The second-order valence-electron chi connectivity index (χ2n) is 4.36. The van der Waals surface area contributed by atoms with Gasteiger partial charge >= 0.3 is 0 Å². The van der Waals surface area contributed by atoms with Crippen molar-refractivity contribution in [3.8, 4) is 11.7 Å². The number of nitrogens with one attached hydrogen (secondary N) is 1. The average molecular weight is 301 g/mol. The highest BCUT2D eigenvalue weighted by atomic mass is 16.5. The molecule has 0 saturated carbocycles. The number of aromatic nitrogens is 4. The van der Waals surface area contributed by atoms with Crippen LogP contribution in [-0.4, -0.2) is 25.8 Å². The van der Waals surface area contributed by atoms with Crippen LogP contribution in [0.15, 0.2) is 44.3 Å². The van der Waals surface area contributed by atoms with E-state index in [-0.39, 0.29) is 23.7 Å².